The van der Waals surface area contributed by atoms with Crippen LogP contribution < -0.4 is 11.1 Å². The van der Waals surface area contributed by atoms with Gasteiger partial charge in [-0.1, -0.05) is 29.8 Å². The van der Waals surface area contributed by atoms with E-state index in [1.807, 2.05) is 31.2 Å². The smallest absolute Gasteiger partial charge is 0.224 e. The van der Waals surface area contributed by atoms with Crippen LogP contribution in [0, 0.1) is 0 Å². The number of hydrogen-bond donors (Lipinski definition) is 3. The lowest BCUT2D eigenvalue weighted by Gasteiger charge is -2.16. The molecule has 3 aromatic rings. The van der Waals surface area contributed by atoms with Crippen LogP contribution in [0.15, 0.2) is 30.6 Å². The number of nitrogens with zero attached hydrogens (tertiary/aromatic N) is 3. The second-order valence-electron chi connectivity index (χ2n) is 4.42. The molecule has 2 aromatic heterocycles. The van der Waals surface area contributed by atoms with Gasteiger partial charge in [0.2, 0.25) is 5.95 Å². The highest BCUT2D eigenvalue weighted by Gasteiger charge is 2.13. The monoisotopic (exact) mass is 288 g/mol. The molecule has 0 aliphatic heterocycles. The number of fused-ring (bicyclic) bond motifs is 1. The molecule has 0 fully saturated rings. The van der Waals surface area contributed by atoms with Crippen molar-refractivity contribution >= 4 is 34.5 Å². The number of nitrogens with two attached hydrogens (primary N) is 1. The first-order chi connectivity index (χ1) is 9.65. The first-order valence-corrected chi connectivity index (χ1v) is 6.50. The van der Waals surface area contributed by atoms with Crippen molar-refractivity contribution in [3.8, 4) is 0 Å². The van der Waals surface area contributed by atoms with Crippen LogP contribution in [0.4, 0.5) is 11.8 Å². The van der Waals surface area contributed by atoms with Gasteiger partial charge in [0, 0.05) is 5.02 Å². The molecule has 1 atom stereocenters. The third-order valence-corrected chi connectivity index (χ3v) is 3.37. The number of anilines is 2. The molecule has 7 heteroatoms. The fourth-order valence-corrected chi connectivity index (χ4v) is 2.36. The van der Waals surface area contributed by atoms with E-state index in [0.717, 1.165) is 11.1 Å². The Balaban J connectivity index is 1.97. The summed E-state index contributed by atoms with van der Waals surface area (Å²) in [6.45, 7) is 2.00. The van der Waals surface area contributed by atoms with E-state index < -0.39 is 0 Å². The highest BCUT2D eigenvalue weighted by molar-refractivity contribution is 6.31. The number of benzene rings is 1. The van der Waals surface area contributed by atoms with E-state index in [2.05, 4.69) is 25.3 Å². The van der Waals surface area contributed by atoms with Gasteiger partial charge in [-0.05, 0) is 18.6 Å². The van der Waals surface area contributed by atoms with Crippen LogP contribution in [0.2, 0.25) is 5.02 Å². The van der Waals surface area contributed by atoms with Gasteiger partial charge >= 0.3 is 0 Å². The van der Waals surface area contributed by atoms with Crippen LogP contribution in [-0.4, -0.2) is 19.9 Å². The number of nitrogens with one attached hydrogen (secondary N) is 2. The standard InChI is InChI=1S/C13H13ClN6/c1-7(8-4-2-3-5-9(8)14)18-12-10-11(17-6-16-10)19-13(15)20-12/h2-7H,1H3,(H4,15,16,17,18,19,20). The van der Waals surface area contributed by atoms with E-state index in [0.29, 0.717) is 16.5 Å². The molecule has 1 unspecified atom stereocenters. The number of nitrogen functional groups attached to an aromatic ring is 1. The Labute approximate surface area is 120 Å². The normalized spacial score (nSPS) is 12.5. The summed E-state index contributed by atoms with van der Waals surface area (Å²) in [5.74, 6) is 0.788. The summed E-state index contributed by atoms with van der Waals surface area (Å²) in [6, 6.07) is 7.64. The Morgan fingerprint density at radius 2 is 2.10 bits per heavy atom. The Bertz CT molecular complexity index is 753. The molecule has 0 radical (unpaired) electrons. The summed E-state index contributed by atoms with van der Waals surface area (Å²) < 4.78 is 0. The summed E-state index contributed by atoms with van der Waals surface area (Å²) in [6.07, 6.45) is 1.56. The van der Waals surface area contributed by atoms with Crippen molar-refractivity contribution in [3.63, 3.8) is 0 Å². The summed E-state index contributed by atoms with van der Waals surface area (Å²) in [4.78, 5) is 15.3. The number of hydrogen-bond acceptors (Lipinski definition) is 5. The van der Waals surface area contributed by atoms with Gasteiger partial charge in [0.25, 0.3) is 0 Å². The Morgan fingerprint density at radius 1 is 1.30 bits per heavy atom. The second kappa shape index (κ2) is 4.97. The van der Waals surface area contributed by atoms with Gasteiger partial charge in [-0.25, -0.2) is 4.98 Å². The zero-order chi connectivity index (χ0) is 14.1. The number of aromatic nitrogens is 4. The van der Waals surface area contributed by atoms with E-state index in [1.165, 1.54) is 0 Å². The molecule has 0 saturated heterocycles. The summed E-state index contributed by atoms with van der Waals surface area (Å²) >= 11 is 6.20. The van der Waals surface area contributed by atoms with E-state index >= 15 is 0 Å². The third-order valence-electron chi connectivity index (χ3n) is 3.03. The first kappa shape index (κ1) is 12.7. The van der Waals surface area contributed by atoms with Crippen molar-refractivity contribution in [2.24, 2.45) is 0 Å². The van der Waals surface area contributed by atoms with Crippen LogP contribution >= 0.6 is 11.6 Å². The van der Waals surface area contributed by atoms with Gasteiger partial charge in [0.05, 0.1) is 12.4 Å². The van der Waals surface area contributed by atoms with Gasteiger partial charge < -0.3 is 16.0 Å². The molecular formula is C13H13ClN6. The highest BCUT2D eigenvalue weighted by Crippen LogP contribution is 2.27. The predicted octanol–water partition coefficient (Wildman–Crippen LogP) is 2.76. The summed E-state index contributed by atoms with van der Waals surface area (Å²) in [5.41, 5.74) is 7.93. The molecule has 0 aliphatic carbocycles. The molecule has 4 N–H and O–H groups in total. The number of H-pyrrole nitrogens is 1. The molecule has 102 valence electrons. The molecule has 0 spiro atoms. The highest BCUT2D eigenvalue weighted by atomic mass is 35.5. The summed E-state index contributed by atoms with van der Waals surface area (Å²) in [5, 5.41) is 3.99. The largest absolute Gasteiger partial charge is 0.368 e. The SMILES string of the molecule is CC(Nc1nc(N)nc2nc[nH]c12)c1ccccc1Cl. The Hall–Kier alpha value is -2.34. The zero-order valence-electron chi connectivity index (χ0n) is 10.8. The lowest BCUT2D eigenvalue weighted by atomic mass is 10.1. The molecule has 0 saturated carbocycles. The van der Waals surface area contributed by atoms with Crippen molar-refractivity contribution in [2.45, 2.75) is 13.0 Å². The molecule has 6 nitrogen and oxygen atoms in total. The molecule has 3 rings (SSSR count). The lowest BCUT2D eigenvalue weighted by Crippen LogP contribution is -2.10. The van der Waals surface area contributed by atoms with Crippen molar-refractivity contribution in [3.05, 3.63) is 41.2 Å². The van der Waals surface area contributed by atoms with E-state index in [-0.39, 0.29) is 12.0 Å². The predicted molar refractivity (Wildman–Crippen MR) is 79.6 cm³/mol. The fourth-order valence-electron chi connectivity index (χ4n) is 2.06. The topological polar surface area (TPSA) is 92.5 Å². The maximum atomic E-state index is 6.20. The molecule has 1 aromatic carbocycles. The Kier molecular flexibility index (Phi) is 3.15. The molecule has 2 heterocycles. The number of imidazole rings is 1. The van der Waals surface area contributed by atoms with Gasteiger partial charge in [0.1, 0.15) is 5.52 Å². The van der Waals surface area contributed by atoms with Crippen molar-refractivity contribution in [2.75, 3.05) is 11.1 Å². The van der Waals surface area contributed by atoms with Crippen molar-refractivity contribution in [1.82, 2.24) is 19.9 Å². The van der Waals surface area contributed by atoms with Crippen molar-refractivity contribution in [1.29, 1.82) is 0 Å². The first-order valence-electron chi connectivity index (χ1n) is 6.12. The minimum atomic E-state index is -0.0236. The van der Waals surface area contributed by atoms with Crippen LogP contribution in [0.1, 0.15) is 18.5 Å². The lowest BCUT2D eigenvalue weighted by molar-refractivity contribution is 0.876. The molecule has 20 heavy (non-hydrogen) atoms. The number of rotatable bonds is 3. The van der Waals surface area contributed by atoms with E-state index in [4.69, 9.17) is 17.3 Å². The second-order valence-corrected chi connectivity index (χ2v) is 4.83. The summed E-state index contributed by atoms with van der Waals surface area (Å²) in [7, 11) is 0. The van der Waals surface area contributed by atoms with E-state index in [1.54, 1.807) is 6.33 Å². The van der Waals surface area contributed by atoms with Gasteiger partial charge in [-0.3, -0.25) is 0 Å². The number of halogens is 1. The van der Waals surface area contributed by atoms with Gasteiger partial charge in [-0.15, -0.1) is 0 Å². The average Bonchev–Trinajstić information content (AvgIpc) is 2.87. The zero-order valence-corrected chi connectivity index (χ0v) is 11.5. The van der Waals surface area contributed by atoms with Gasteiger partial charge in [0.15, 0.2) is 11.5 Å². The van der Waals surface area contributed by atoms with Crippen LogP contribution in [0.5, 0.6) is 0 Å². The third kappa shape index (κ3) is 2.25. The van der Waals surface area contributed by atoms with Gasteiger partial charge in [-0.2, -0.15) is 9.97 Å². The molecule has 0 amide bonds. The van der Waals surface area contributed by atoms with Crippen LogP contribution in [0.25, 0.3) is 11.2 Å². The van der Waals surface area contributed by atoms with Crippen LogP contribution in [-0.2, 0) is 0 Å². The quantitative estimate of drug-likeness (QED) is 0.689. The van der Waals surface area contributed by atoms with E-state index in [9.17, 15) is 0 Å². The molecular weight excluding hydrogens is 276 g/mol. The number of aromatic amines is 1. The van der Waals surface area contributed by atoms with Crippen molar-refractivity contribution < 1.29 is 0 Å². The van der Waals surface area contributed by atoms with Crippen LogP contribution in [0.3, 0.4) is 0 Å². The fraction of sp³-hybridized carbons (Fsp3) is 0.154. The average molecular weight is 289 g/mol. The maximum Gasteiger partial charge on any atom is 0.224 e. The Morgan fingerprint density at radius 3 is 2.90 bits per heavy atom. The molecule has 0 aliphatic rings. The maximum absolute atomic E-state index is 6.20. The minimum Gasteiger partial charge on any atom is -0.368 e. The molecule has 0 bridgehead atoms. The minimum absolute atomic E-state index is 0.0236.